The van der Waals surface area contributed by atoms with Gasteiger partial charge in [0.05, 0.1) is 10.6 Å². The number of hydrogen-bond donors (Lipinski definition) is 1. The van der Waals surface area contributed by atoms with Crippen molar-refractivity contribution < 1.29 is 9.31 Å². The SMILES string of the molecule is CC1CCCCN1c1ccc(Nc2nc(N(C)c3ccncc3)ccc2[N+](=O)[O-])cc1F. The van der Waals surface area contributed by atoms with Crippen LogP contribution in [0.15, 0.2) is 54.9 Å². The third kappa shape index (κ3) is 4.46. The molecule has 0 amide bonds. The number of rotatable bonds is 6. The zero-order chi connectivity index (χ0) is 22.7. The number of piperidine rings is 1. The Morgan fingerprint density at radius 1 is 1.19 bits per heavy atom. The highest BCUT2D eigenvalue weighted by molar-refractivity contribution is 5.71. The molecule has 9 heteroatoms. The quantitative estimate of drug-likeness (QED) is 0.408. The maximum atomic E-state index is 14.9. The minimum Gasteiger partial charge on any atom is -0.366 e. The Bertz CT molecular complexity index is 1110. The molecule has 3 heterocycles. The zero-order valence-corrected chi connectivity index (χ0v) is 18.0. The Kier molecular flexibility index (Phi) is 6.16. The van der Waals surface area contributed by atoms with Crippen LogP contribution in [0.2, 0.25) is 0 Å². The second-order valence-electron chi connectivity index (χ2n) is 7.89. The molecule has 1 saturated heterocycles. The predicted octanol–water partition coefficient (Wildman–Crippen LogP) is 5.41. The summed E-state index contributed by atoms with van der Waals surface area (Å²) in [5, 5.41) is 14.5. The Balaban J connectivity index is 1.62. The van der Waals surface area contributed by atoms with Gasteiger partial charge < -0.3 is 15.1 Å². The van der Waals surface area contributed by atoms with Crippen LogP contribution in [0.5, 0.6) is 0 Å². The number of nitro groups is 1. The molecule has 166 valence electrons. The Hall–Kier alpha value is -3.75. The van der Waals surface area contributed by atoms with Crippen molar-refractivity contribution in [3.05, 3.63) is 70.8 Å². The molecule has 0 aliphatic carbocycles. The molecule has 1 aliphatic heterocycles. The molecule has 4 rings (SSSR count). The number of pyridine rings is 2. The molecule has 32 heavy (non-hydrogen) atoms. The summed E-state index contributed by atoms with van der Waals surface area (Å²) >= 11 is 0. The van der Waals surface area contributed by atoms with E-state index in [1.807, 2.05) is 19.2 Å². The number of nitrogens with zero attached hydrogens (tertiary/aromatic N) is 5. The first-order chi connectivity index (χ1) is 15.4. The number of nitrogens with one attached hydrogen (secondary N) is 1. The lowest BCUT2D eigenvalue weighted by Gasteiger charge is -2.35. The van der Waals surface area contributed by atoms with Gasteiger partial charge in [0.1, 0.15) is 11.6 Å². The number of aromatic nitrogens is 2. The largest absolute Gasteiger partial charge is 0.366 e. The van der Waals surface area contributed by atoms with E-state index in [9.17, 15) is 14.5 Å². The van der Waals surface area contributed by atoms with Crippen LogP contribution in [0.4, 0.5) is 38.8 Å². The summed E-state index contributed by atoms with van der Waals surface area (Å²) in [7, 11) is 1.81. The van der Waals surface area contributed by atoms with E-state index >= 15 is 0 Å². The molecule has 1 aromatic carbocycles. The number of hydrogen-bond acceptors (Lipinski definition) is 7. The molecule has 1 aliphatic rings. The van der Waals surface area contributed by atoms with Gasteiger partial charge in [0.25, 0.3) is 0 Å². The normalized spacial score (nSPS) is 16.0. The highest BCUT2D eigenvalue weighted by atomic mass is 19.1. The van der Waals surface area contributed by atoms with Crippen molar-refractivity contribution in [2.45, 2.75) is 32.2 Å². The van der Waals surface area contributed by atoms with Crippen LogP contribution in [0.3, 0.4) is 0 Å². The third-order valence-electron chi connectivity index (χ3n) is 5.77. The van der Waals surface area contributed by atoms with E-state index in [2.05, 4.69) is 27.1 Å². The van der Waals surface area contributed by atoms with Crippen molar-refractivity contribution in [1.82, 2.24) is 9.97 Å². The summed E-state index contributed by atoms with van der Waals surface area (Å²) in [5.41, 5.74) is 1.59. The van der Waals surface area contributed by atoms with Gasteiger partial charge in [0.15, 0.2) is 0 Å². The van der Waals surface area contributed by atoms with Crippen molar-refractivity contribution in [2.75, 3.05) is 28.7 Å². The molecule has 0 radical (unpaired) electrons. The van der Waals surface area contributed by atoms with Gasteiger partial charge in [-0.3, -0.25) is 15.1 Å². The Labute approximate surface area is 185 Å². The molecule has 0 spiro atoms. The van der Waals surface area contributed by atoms with E-state index in [0.29, 0.717) is 17.2 Å². The van der Waals surface area contributed by atoms with Crippen molar-refractivity contribution >= 4 is 34.4 Å². The maximum Gasteiger partial charge on any atom is 0.311 e. The van der Waals surface area contributed by atoms with Gasteiger partial charge in [-0.05, 0) is 62.6 Å². The lowest BCUT2D eigenvalue weighted by Crippen LogP contribution is -2.37. The highest BCUT2D eigenvalue weighted by Crippen LogP contribution is 2.33. The van der Waals surface area contributed by atoms with Gasteiger partial charge in [0.2, 0.25) is 5.82 Å². The minimum absolute atomic E-state index is 0.0481. The number of benzene rings is 1. The first kappa shape index (κ1) is 21.5. The number of halogens is 1. The molecule has 1 fully saturated rings. The van der Waals surface area contributed by atoms with Crippen LogP contribution in [-0.2, 0) is 0 Å². The Morgan fingerprint density at radius 3 is 2.66 bits per heavy atom. The molecule has 1 unspecified atom stereocenters. The topological polar surface area (TPSA) is 87.4 Å². The molecule has 8 nitrogen and oxygen atoms in total. The fourth-order valence-corrected chi connectivity index (χ4v) is 3.98. The molecular formula is C23H25FN6O2. The maximum absolute atomic E-state index is 14.9. The fraction of sp³-hybridized carbons (Fsp3) is 0.304. The smallest absolute Gasteiger partial charge is 0.311 e. The average Bonchev–Trinajstić information content (AvgIpc) is 2.80. The van der Waals surface area contributed by atoms with Crippen molar-refractivity contribution in [3.8, 4) is 0 Å². The van der Waals surface area contributed by atoms with Crippen LogP contribution < -0.4 is 15.1 Å². The molecule has 3 aromatic rings. The minimum atomic E-state index is -0.508. The van der Waals surface area contributed by atoms with Gasteiger partial charge in [0, 0.05) is 49.5 Å². The summed E-state index contributed by atoms with van der Waals surface area (Å²) in [6, 6.07) is 11.7. The summed E-state index contributed by atoms with van der Waals surface area (Å²) in [4.78, 5) is 23.3. The average molecular weight is 436 g/mol. The van der Waals surface area contributed by atoms with E-state index in [4.69, 9.17) is 0 Å². The standard InChI is InChI=1S/C23H25FN6O2/c1-16-5-3-4-14-29(16)20-7-6-17(15-19(20)24)26-23-21(30(31)32)8-9-22(27-23)28(2)18-10-12-25-13-11-18/h6-13,15-16H,3-5,14H2,1-2H3,(H,26,27). The molecule has 2 aromatic heterocycles. The molecular weight excluding hydrogens is 411 g/mol. The van der Waals surface area contributed by atoms with Crippen LogP contribution in [-0.4, -0.2) is 34.5 Å². The third-order valence-corrected chi connectivity index (χ3v) is 5.77. The predicted molar refractivity (Wildman–Crippen MR) is 124 cm³/mol. The summed E-state index contributed by atoms with van der Waals surface area (Å²) in [5.74, 6) is 0.187. The summed E-state index contributed by atoms with van der Waals surface area (Å²) in [6.45, 7) is 2.92. The van der Waals surface area contributed by atoms with Crippen molar-refractivity contribution in [3.63, 3.8) is 0 Å². The molecule has 1 N–H and O–H groups in total. The summed E-state index contributed by atoms with van der Waals surface area (Å²) < 4.78 is 14.9. The van der Waals surface area contributed by atoms with E-state index in [0.717, 1.165) is 31.5 Å². The first-order valence-corrected chi connectivity index (χ1v) is 10.6. The van der Waals surface area contributed by atoms with E-state index in [-0.39, 0.29) is 23.4 Å². The molecule has 0 bridgehead atoms. The summed E-state index contributed by atoms with van der Waals surface area (Å²) in [6.07, 6.45) is 6.54. The number of anilines is 5. The Morgan fingerprint density at radius 2 is 1.97 bits per heavy atom. The van der Waals surface area contributed by atoms with Gasteiger partial charge in [-0.2, -0.15) is 0 Å². The van der Waals surface area contributed by atoms with Crippen LogP contribution in [0, 0.1) is 15.9 Å². The van der Waals surface area contributed by atoms with Gasteiger partial charge in [-0.15, -0.1) is 0 Å². The second-order valence-corrected chi connectivity index (χ2v) is 7.89. The molecule has 1 atom stereocenters. The van der Waals surface area contributed by atoms with Gasteiger partial charge in [-0.25, -0.2) is 9.37 Å². The fourth-order valence-electron chi connectivity index (χ4n) is 3.98. The van der Waals surface area contributed by atoms with Crippen LogP contribution >= 0.6 is 0 Å². The monoisotopic (exact) mass is 436 g/mol. The highest BCUT2D eigenvalue weighted by Gasteiger charge is 2.22. The lowest BCUT2D eigenvalue weighted by molar-refractivity contribution is -0.384. The van der Waals surface area contributed by atoms with Crippen LogP contribution in [0.25, 0.3) is 0 Å². The van der Waals surface area contributed by atoms with Gasteiger partial charge >= 0.3 is 5.69 Å². The van der Waals surface area contributed by atoms with Crippen molar-refractivity contribution in [1.29, 1.82) is 0 Å². The van der Waals surface area contributed by atoms with Crippen molar-refractivity contribution in [2.24, 2.45) is 0 Å². The van der Waals surface area contributed by atoms with Crippen LogP contribution in [0.1, 0.15) is 26.2 Å². The second kappa shape index (κ2) is 9.17. The lowest BCUT2D eigenvalue weighted by atomic mass is 10.0. The zero-order valence-electron chi connectivity index (χ0n) is 18.0. The molecule has 0 saturated carbocycles. The van der Waals surface area contributed by atoms with Gasteiger partial charge in [-0.1, -0.05) is 0 Å². The first-order valence-electron chi connectivity index (χ1n) is 10.6. The van der Waals surface area contributed by atoms with E-state index in [1.54, 1.807) is 35.5 Å². The van der Waals surface area contributed by atoms with E-state index < -0.39 is 4.92 Å². The van der Waals surface area contributed by atoms with E-state index in [1.165, 1.54) is 12.1 Å².